The molecule has 2 aliphatic rings. The van der Waals surface area contributed by atoms with E-state index in [2.05, 4.69) is 21.4 Å². The van der Waals surface area contributed by atoms with Crippen molar-refractivity contribution >= 4 is 28.4 Å². The standard InChI is InChI=1S/C20H25N5O2S/c1-12-16(14-7-9-22-15(11-14)13-5-3-6-13)28-18(23-12)24-19(27)25-10-4-8-20(25,2)17(21)26/h7,9,11,13H,3-6,8,10H2,1-2H3,(H2,21,26)(H,23,24,27)/t20-/m0/s1. The first-order chi connectivity index (χ1) is 13.4. The number of thiazole rings is 1. The lowest BCUT2D eigenvalue weighted by atomic mass is 9.82. The molecule has 1 saturated heterocycles. The second-order valence-corrected chi connectivity index (χ2v) is 8.85. The molecule has 3 N–H and O–H groups in total. The highest BCUT2D eigenvalue weighted by Crippen LogP contribution is 2.39. The molecule has 8 heteroatoms. The Morgan fingerprint density at radius 1 is 1.36 bits per heavy atom. The van der Waals surface area contributed by atoms with E-state index in [-0.39, 0.29) is 6.03 Å². The number of amides is 3. The Morgan fingerprint density at radius 2 is 2.14 bits per heavy atom. The number of hydrogen-bond donors (Lipinski definition) is 2. The maximum absolute atomic E-state index is 12.7. The van der Waals surface area contributed by atoms with Gasteiger partial charge in [-0.2, -0.15) is 0 Å². The summed E-state index contributed by atoms with van der Waals surface area (Å²) in [6.07, 6.45) is 6.87. The molecule has 0 bridgehead atoms. The van der Waals surface area contributed by atoms with Gasteiger partial charge >= 0.3 is 6.03 Å². The number of aromatic nitrogens is 2. The van der Waals surface area contributed by atoms with Crippen LogP contribution >= 0.6 is 11.3 Å². The summed E-state index contributed by atoms with van der Waals surface area (Å²) in [5.74, 6) is 0.0884. The van der Waals surface area contributed by atoms with Crippen LogP contribution < -0.4 is 11.1 Å². The Kier molecular flexibility index (Phi) is 4.82. The number of primary amides is 1. The summed E-state index contributed by atoms with van der Waals surface area (Å²) >= 11 is 1.44. The lowest BCUT2D eigenvalue weighted by Gasteiger charge is -2.31. The third-order valence-corrected chi connectivity index (χ3v) is 7.12. The van der Waals surface area contributed by atoms with E-state index >= 15 is 0 Å². The SMILES string of the molecule is Cc1nc(NC(=O)N2CCC[C@@]2(C)C(N)=O)sc1-c1ccnc(C2CCC2)c1. The predicted octanol–water partition coefficient (Wildman–Crippen LogP) is 3.65. The summed E-state index contributed by atoms with van der Waals surface area (Å²) in [4.78, 5) is 36.2. The number of hydrogen-bond acceptors (Lipinski definition) is 5. The fourth-order valence-electron chi connectivity index (χ4n) is 3.94. The molecule has 0 spiro atoms. The molecule has 3 amide bonds. The van der Waals surface area contributed by atoms with Gasteiger partial charge in [0.25, 0.3) is 0 Å². The zero-order chi connectivity index (χ0) is 19.9. The van der Waals surface area contributed by atoms with E-state index < -0.39 is 11.4 Å². The number of likely N-dealkylation sites (tertiary alicyclic amines) is 1. The van der Waals surface area contributed by atoms with Crippen LogP contribution in [0.25, 0.3) is 10.4 Å². The molecule has 1 saturated carbocycles. The maximum atomic E-state index is 12.7. The Hall–Kier alpha value is -2.48. The lowest BCUT2D eigenvalue weighted by molar-refractivity contribution is -0.126. The highest BCUT2D eigenvalue weighted by Gasteiger charge is 2.44. The minimum absolute atomic E-state index is 0.330. The van der Waals surface area contributed by atoms with E-state index in [1.54, 1.807) is 6.92 Å². The van der Waals surface area contributed by atoms with Crippen LogP contribution in [0, 0.1) is 6.92 Å². The zero-order valence-electron chi connectivity index (χ0n) is 16.2. The van der Waals surface area contributed by atoms with Crippen molar-refractivity contribution in [2.75, 3.05) is 11.9 Å². The van der Waals surface area contributed by atoms with Crippen molar-refractivity contribution in [3.8, 4) is 10.4 Å². The molecule has 1 aliphatic heterocycles. The van der Waals surface area contributed by atoms with Gasteiger partial charge in [-0.05, 0) is 57.2 Å². The number of anilines is 1. The molecular weight excluding hydrogens is 374 g/mol. The molecule has 2 aromatic rings. The smallest absolute Gasteiger partial charge is 0.324 e. The summed E-state index contributed by atoms with van der Waals surface area (Å²) in [5.41, 5.74) is 7.67. The molecule has 7 nitrogen and oxygen atoms in total. The molecule has 28 heavy (non-hydrogen) atoms. The topological polar surface area (TPSA) is 101 Å². The van der Waals surface area contributed by atoms with Crippen molar-refractivity contribution in [1.82, 2.24) is 14.9 Å². The number of urea groups is 1. The molecule has 1 aliphatic carbocycles. The number of nitrogens with zero attached hydrogens (tertiary/aromatic N) is 3. The van der Waals surface area contributed by atoms with Crippen LogP contribution in [0.3, 0.4) is 0 Å². The van der Waals surface area contributed by atoms with Crippen LogP contribution in [0.15, 0.2) is 18.3 Å². The van der Waals surface area contributed by atoms with Crippen molar-refractivity contribution in [2.24, 2.45) is 5.73 Å². The number of aryl methyl sites for hydroxylation is 1. The minimum atomic E-state index is -0.942. The fraction of sp³-hybridized carbons (Fsp3) is 0.500. The molecule has 2 aromatic heterocycles. The Balaban J connectivity index is 1.53. The summed E-state index contributed by atoms with van der Waals surface area (Å²) in [6, 6.07) is 3.79. The molecular formula is C20H25N5O2S. The van der Waals surface area contributed by atoms with E-state index in [9.17, 15) is 9.59 Å². The molecule has 3 heterocycles. The third-order valence-electron chi connectivity index (χ3n) is 5.99. The summed E-state index contributed by atoms with van der Waals surface area (Å²) < 4.78 is 0. The maximum Gasteiger partial charge on any atom is 0.324 e. The number of rotatable bonds is 4. The molecule has 0 radical (unpaired) electrons. The number of carbonyl (C=O) groups excluding carboxylic acids is 2. The zero-order valence-corrected chi connectivity index (χ0v) is 17.0. The highest BCUT2D eigenvalue weighted by atomic mass is 32.1. The van der Waals surface area contributed by atoms with E-state index in [4.69, 9.17) is 5.73 Å². The third kappa shape index (κ3) is 3.26. The minimum Gasteiger partial charge on any atom is -0.368 e. The van der Waals surface area contributed by atoms with Crippen LogP contribution in [0.4, 0.5) is 9.93 Å². The lowest BCUT2D eigenvalue weighted by Crippen LogP contribution is -2.55. The quantitative estimate of drug-likeness (QED) is 0.819. The number of carbonyl (C=O) groups is 2. The molecule has 1 atom stereocenters. The number of nitrogens with two attached hydrogens (primary N) is 1. The average Bonchev–Trinajstić information content (AvgIpc) is 3.17. The number of nitrogens with one attached hydrogen (secondary N) is 1. The molecule has 2 fully saturated rings. The van der Waals surface area contributed by atoms with Crippen molar-refractivity contribution < 1.29 is 9.59 Å². The van der Waals surface area contributed by atoms with E-state index in [0.717, 1.165) is 28.2 Å². The van der Waals surface area contributed by atoms with Gasteiger partial charge in [-0.15, -0.1) is 0 Å². The van der Waals surface area contributed by atoms with Gasteiger partial charge in [0.2, 0.25) is 5.91 Å². The van der Waals surface area contributed by atoms with Crippen LogP contribution in [-0.2, 0) is 4.79 Å². The second-order valence-electron chi connectivity index (χ2n) is 7.85. The Morgan fingerprint density at radius 3 is 2.82 bits per heavy atom. The van der Waals surface area contributed by atoms with Crippen LogP contribution in [0.1, 0.15) is 56.3 Å². The molecule has 0 unspecified atom stereocenters. The van der Waals surface area contributed by atoms with Gasteiger partial charge in [-0.3, -0.25) is 15.1 Å². The van der Waals surface area contributed by atoms with Crippen LogP contribution in [-0.4, -0.2) is 38.9 Å². The molecule has 0 aromatic carbocycles. The van der Waals surface area contributed by atoms with E-state index in [1.807, 2.05) is 19.2 Å². The van der Waals surface area contributed by atoms with Gasteiger partial charge < -0.3 is 10.6 Å². The Bertz CT molecular complexity index is 923. The highest BCUT2D eigenvalue weighted by molar-refractivity contribution is 7.19. The van der Waals surface area contributed by atoms with Gasteiger partial charge in [0.05, 0.1) is 10.6 Å². The summed E-state index contributed by atoms with van der Waals surface area (Å²) in [6.45, 7) is 4.17. The van der Waals surface area contributed by atoms with Gasteiger partial charge in [-0.25, -0.2) is 9.78 Å². The first-order valence-corrected chi connectivity index (χ1v) is 10.5. The molecule has 4 rings (SSSR count). The largest absolute Gasteiger partial charge is 0.368 e. The average molecular weight is 400 g/mol. The summed E-state index contributed by atoms with van der Waals surface area (Å²) in [7, 11) is 0. The van der Waals surface area contributed by atoms with Crippen molar-refractivity contribution in [3.05, 3.63) is 29.7 Å². The first-order valence-electron chi connectivity index (χ1n) is 9.71. The first kappa shape index (κ1) is 18.9. The van der Waals surface area contributed by atoms with E-state index in [1.165, 1.54) is 35.5 Å². The second kappa shape index (κ2) is 7.16. The van der Waals surface area contributed by atoms with Gasteiger partial charge in [0, 0.05) is 24.4 Å². The monoisotopic (exact) mass is 399 g/mol. The van der Waals surface area contributed by atoms with Gasteiger partial charge in [0.1, 0.15) is 5.54 Å². The van der Waals surface area contributed by atoms with Crippen molar-refractivity contribution in [3.63, 3.8) is 0 Å². The number of pyridine rings is 1. The normalized spacial score (nSPS) is 22.1. The predicted molar refractivity (Wildman–Crippen MR) is 109 cm³/mol. The van der Waals surface area contributed by atoms with E-state index in [0.29, 0.717) is 24.0 Å². The fourth-order valence-corrected chi connectivity index (χ4v) is 4.89. The van der Waals surface area contributed by atoms with Gasteiger partial charge in [-0.1, -0.05) is 17.8 Å². The van der Waals surface area contributed by atoms with Gasteiger partial charge in [0.15, 0.2) is 5.13 Å². The van der Waals surface area contributed by atoms with Crippen LogP contribution in [0.2, 0.25) is 0 Å². The van der Waals surface area contributed by atoms with Crippen molar-refractivity contribution in [2.45, 2.75) is 57.4 Å². The summed E-state index contributed by atoms with van der Waals surface area (Å²) in [5, 5.41) is 3.38. The van der Waals surface area contributed by atoms with Crippen LogP contribution in [0.5, 0.6) is 0 Å². The van der Waals surface area contributed by atoms with Crippen molar-refractivity contribution in [1.29, 1.82) is 0 Å². The Labute approximate surface area is 168 Å². The molecule has 148 valence electrons.